The van der Waals surface area contributed by atoms with Crippen molar-refractivity contribution < 1.29 is 16.8 Å². The van der Waals surface area contributed by atoms with E-state index in [4.69, 9.17) is 46.4 Å². The molecule has 14 heteroatoms. The third kappa shape index (κ3) is 8.54. The van der Waals surface area contributed by atoms with Crippen molar-refractivity contribution in [3.05, 3.63) is 162 Å². The molecule has 282 valence electrons. The highest BCUT2D eigenvalue weighted by atomic mass is 35.5. The molecule has 5 aromatic carbocycles. The van der Waals surface area contributed by atoms with Crippen molar-refractivity contribution in [1.29, 1.82) is 0 Å². The van der Waals surface area contributed by atoms with Gasteiger partial charge in [0.2, 0.25) is 20.0 Å². The molecule has 0 aromatic heterocycles. The number of nitrogens with zero attached hydrogens (tertiary/aromatic N) is 2. The van der Waals surface area contributed by atoms with Crippen molar-refractivity contribution in [2.45, 2.75) is 47.8 Å². The number of hydrogen-bond donors (Lipinski definition) is 2. The van der Waals surface area contributed by atoms with E-state index in [0.29, 0.717) is 46.3 Å². The predicted molar refractivity (Wildman–Crippen MR) is 217 cm³/mol. The highest BCUT2D eigenvalue weighted by Crippen LogP contribution is 2.40. The van der Waals surface area contributed by atoms with Crippen LogP contribution in [-0.2, 0) is 46.2 Å². The summed E-state index contributed by atoms with van der Waals surface area (Å²) < 4.78 is 59.2. The molecule has 0 saturated heterocycles. The molecule has 2 unspecified atom stereocenters. The summed E-state index contributed by atoms with van der Waals surface area (Å²) in [4.78, 5) is 4.63. The quantitative estimate of drug-likeness (QED) is 0.147. The normalized spacial score (nSPS) is 18.0. The third-order valence-electron chi connectivity index (χ3n) is 10.1. The van der Waals surface area contributed by atoms with Gasteiger partial charge in [0, 0.05) is 71.2 Å². The molecule has 2 heterocycles. The van der Waals surface area contributed by atoms with E-state index >= 15 is 0 Å². The van der Waals surface area contributed by atoms with E-state index in [2.05, 4.69) is 19.2 Å². The van der Waals surface area contributed by atoms with Crippen LogP contribution in [0.15, 0.2) is 107 Å². The number of nitrogens with one attached hydrogen (secondary N) is 2. The average Bonchev–Trinajstić information content (AvgIpc) is 3.14. The molecule has 2 aliphatic rings. The predicted octanol–water partition coefficient (Wildman–Crippen LogP) is 8.41. The molecule has 0 spiro atoms. The van der Waals surface area contributed by atoms with Gasteiger partial charge < -0.3 is 9.80 Å². The zero-order valence-electron chi connectivity index (χ0n) is 29.5. The SMILES string of the molecule is CN1Cc2c(Cl)cc(Cl)cc2C(c2cccc(S(=O)(=O)NCc3ccc(CNS(=O)(=O)c4cccc(C5CN(C)Cc6c(Cl)cc(Cl)cc65)c4)cc3)c2)C1. The van der Waals surface area contributed by atoms with Gasteiger partial charge in [-0.2, -0.15) is 0 Å². The molecule has 0 amide bonds. The van der Waals surface area contributed by atoms with Gasteiger partial charge in [-0.25, -0.2) is 26.3 Å². The molecule has 5 aromatic rings. The summed E-state index contributed by atoms with van der Waals surface area (Å²) in [5, 5.41) is 2.28. The van der Waals surface area contributed by atoms with Gasteiger partial charge in [0.15, 0.2) is 0 Å². The first-order valence-corrected chi connectivity index (χ1v) is 21.7. The average molecular weight is 845 g/mol. The summed E-state index contributed by atoms with van der Waals surface area (Å²) in [6.45, 7) is 2.85. The summed E-state index contributed by atoms with van der Waals surface area (Å²) in [5.41, 5.74) is 7.12. The number of rotatable bonds is 10. The van der Waals surface area contributed by atoms with E-state index in [1.54, 1.807) is 72.8 Å². The van der Waals surface area contributed by atoms with E-state index < -0.39 is 20.0 Å². The lowest BCUT2D eigenvalue weighted by Crippen LogP contribution is -2.31. The first-order chi connectivity index (χ1) is 25.7. The highest BCUT2D eigenvalue weighted by Gasteiger charge is 2.30. The van der Waals surface area contributed by atoms with Gasteiger partial charge in [-0.15, -0.1) is 0 Å². The Bertz CT molecular complexity index is 2280. The Morgan fingerprint density at radius 1 is 0.574 bits per heavy atom. The first-order valence-electron chi connectivity index (χ1n) is 17.3. The van der Waals surface area contributed by atoms with E-state index in [1.807, 2.05) is 38.4 Å². The van der Waals surface area contributed by atoms with Crippen molar-refractivity contribution in [3.8, 4) is 0 Å². The summed E-state index contributed by atoms with van der Waals surface area (Å²) in [6, 6.07) is 28.3. The minimum atomic E-state index is -3.86. The largest absolute Gasteiger partial charge is 0.301 e. The van der Waals surface area contributed by atoms with Gasteiger partial charge in [-0.3, -0.25) is 0 Å². The monoisotopic (exact) mass is 842 g/mol. The molecule has 54 heavy (non-hydrogen) atoms. The van der Waals surface area contributed by atoms with E-state index in [1.165, 1.54) is 0 Å². The van der Waals surface area contributed by atoms with Crippen LogP contribution in [0.4, 0.5) is 0 Å². The fourth-order valence-corrected chi connectivity index (χ4v) is 10.6. The third-order valence-corrected chi connectivity index (χ3v) is 14.0. The Labute approximate surface area is 337 Å². The standard InChI is InChI=1S/C40H38Cl4N4O4S2/c1-47-21-35(33-15-29(41)17-39(43)37(33)23-47)27-5-3-7-31(13-27)53(49,50)45-19-25-9-11-26(12-10-25)20-46-54(51,52)32-8-4-6-28(14-32)36-22-48(2)24-38-34(36)16-30(42)18-40(38)44/h3-18,35-36,45-46H,19-24H2,1-2H3. The molecule has 0 radical (unpaired) electrons. The molecule has 0 bridgehead atoms. The Morgan fingerprint density at radius 3 is 1.35 bits per heavy atom. The van der Waals surface area contributed by atoms with Crippen LogP contribution in [0, 0.1) is 0 Å². The van der Waals surface area contributed by atoms with E-state index in [0.717, 1.165) is 44.5 Å². The van der Waals surface area contributed by atoms with Crippen LogP contribution >= 0.6 is 46.4 Å². The van der Waals surface area contributed by atoms with Crippen LogP contribution in [0.3, 0.4) is 0 Å². The minimum Gasteiger partial charge on any atom is -0.301 e. The Balaban J connectivity index is 0.998. The lowest BCUT2D eigenvalue weighted by Gasteiger charge is -2.33. The summed E-state index contributed by atoms with van der Waals surface area (Å²) in [6.07, 6.45) is 0. The van der Waals surface area contributed by atoms with Crippen molar-refractivity contribution in [3.63, 3.8) is 0 Å². The fourth-order valence-electron chi connectivity index (χ4n) is 7.36. The topological polar surface area (TPSA) is 98.8 Å². The lowest BCUT2D eigenvalue weighted by molar-refractivity contribution is 0.295. The molecule has 0 aliphatic carbocycles. The molecule has 0 fully saturated rings. The molecule has 2 N–H and O–H groups in total. The van der Waals surface area contributed by atoms with Crippen molar-refractivity contribution >= 4 is 66.5 Å². The number of hydrogen-bond acceptors (Lipinski definition) is 6. The molecule has 2 atom stereocenters. The first kappa shape index (κ1) is 39.2. The number of sulfonamides is 2. The van der Waals surface area contributed by atoms with Gasteiger partial charge in [-0.05, 0) is 107 Å². The van der Waals surface area contributed by atoms with Gasteiger partial charge in [-0.1, -0.05) is 94.9 Å². The zero-order chi connectivity index (χ0) is 38.4. The maximum atomic E-state index is 13.5. The van der Waals surface area contributed by atoms with Crippen LogP contribution in [0.5, 0.6) is 0 Å². The van der Waals surface area contributed by atoms with Crippen molar-refractivity contribution in [1.82, 2.24) is 19.2 Å². The maximum Gasteiger partial charge on any atom is 0.240 e. The number of fused-ring (bicyclic) bond motifs is 2. The molecule has 0 saturated carbocycles. The molecule has 8 nitrogen and oxygen atoms in total. The van der Waals surface area contributed by atoms with Gasteiger partial charge >= 0.3 is 0 Å². The molecule has 7 rings (SSSR count). The Morgan fingerprint density at radius 2 is 0.963 bits per heavy atom. The Kier molecular flexibility index (Phi) is 11.5. The smallest absolute Gasteiger partial charge is 0.240 e. The second-order valence-electron chi connectivity index (χ2n) is 14.0. The minimum absolute atomic E-state index is 0.0570. The fraction of sp³-hybridized carbons (Fsp3) is 0.250. The van der Waals surface area contributed by atoms with Crippen molar-refractivity contribution in [2.24, 2.45) is 0 Å². The summed E-state index contributed by atoms with van der Waals surface area (Å²) in [7, 11) is -3.70. The van der Waals surface area contributed by atoms with Crippen LogP contribution in [-0.4, -0.2) is 53.8 Å². The summed E-state index contributed by atoms with van der Waals surface area (Å²) in [5.74, 6) is -0.204. The highest BCUT2D eigenvalue weighted by molar-refractivity contribution is 7.89. The van der Waals surface area contributed by atoms with Gasteiger partial charge in [0.1, 0.15) is 0 Å². The zero-order valence-corrected chi connectivity index (χ0v) is 34.1. The lowest BCUT2D eigenvalue weighted by atomic mass is 9.85. The molecular formula is C40H38Cl4N4O4S2. The number of halogens is 4. The van der Waals surface area contributed by atoms with Crippen molar-refractivity contribution in [2.75, 3.05) is 27.2 Å². The van der Waals surface area contributed by atoms with Crippen LogP contribution in [0.1, 0.15) is 56.3 Å². The number of benzene rings is 5. The van der Waals surface area contributed by atoms with E-state index in [9.17, 15) is 16.8 Å². The van der Waals surface area contributed by atoms with Crippen LogP contribution in [0.25, 0.3) is 0 Å². The second kappa shape index (κ2) is 15.9. The molecular weight excluding hydrogens is 806 g/mol. The second-order valence-corrected chi connectivity index (χ2v) is 19.2. The van der Waals surface area contributed by atoms with Crippen LogP contribution in [0.2, 0.25) is 20.1 Å². The van der Waals surface area contributed by atoms with Gasteiger partial charge in [0.25, 0.3) is 0 Å². The van der Waals surface area contributed by atoms with Gasteiger partial charge in [0.05, 0.1) is 9.79 Å². The molecule has 2 aliphatic heterocycles. The Hall–Kier alpha value is -3.00. The summed E-state index contributed by atoms with van der Waals surface area (Å²) >= 11 is 25.8. The maximum absolute atomic E-state index is 13.5. The van der Waals surface area contributed by atoms with E-state index in [-0.39, 0.29) is 34.7 Å². The van der Waals surface area contributed by atoms with Crippen LogP contribution < -0.4 is 9.44 Å². The number of likely N-dealkylation sites (N-methyl/N-ethyl adjacent to an activating group) is 2.